The summed E-state index contributed by atoms with van der Waals surface area (Å²) in [4.78, 5) is 49.0. The fraction of sp³-hybridized carbons (Fsp3) is 0.655. The number of carbonyl (C=O) groups is 4. The number of esters is 1. The third-order valence-electron chi connectivity index (χ3n) is 6.86. The number of nitrogens with two attached hydrogens (primary N) is 1. The number of hydrogen-bond donors (Lipinski definition) is 2. The average Bonchev–Trinajstić information content (AvgIpc) is 2.91. The van der Waals surface area contributed by atoms with Crippen LogP contribution in [0.15, 0.2) is 18.2 Å². The number of carboxylic acids is 1. The van der Waals surface area contributed by atoms with Gasteiger partial charge in [-0.15, -0.1) is 0 Å². The van der Waals surface area contributed by atoms with E-state index in [4.69, 9.17) is 29.4 Å². The summed E-state index contributed by atoms with van der Waals surface area (Å²) in [5.41, 5.74) is 6.45. The van der Waals surface area contributed by atoms with Crippen LogP contribution in [0.5, 0.6) is 11.5 Å². The molecule has 1 aromatic rings. The predicted octanol–water partition coefficient (Wildman–Crippen LogP) is 5.53. The van der Waals surface area contributed by atoms with Crippen molar-refractivity contribution in [2.75, 3.05) is 13.2 Å². The van der Waals surface area contributed by atoms with Crippen LogP contribution >= 0.6 is 0 Å². The quantitative estimate of drug-likeness (QED) is 0.156. The summed E-state index contributed by atoms with van der Waals surface area (Å²) in [6, 6.07) is 2.84. The van der Waals surface area contributed by atoms with Crippen LogP contribution in [0.4, 0.5) is 9.59 Å². The molecule has 0 fully saturated rings. The molecule has 0 spiro atoms. The summed E-state index contributed by atoms with van der Waals surface area (Å²) in [6.45, 7) is 14.7. The lowest BCUT2D eigenvalue weighted by molar-refractivity contribution is -0.155. The van der Waals surface area contributed by atoms with Crippen LogP contribution < -0.4 is 15.2 Å². The molecule has 0 bridgehead atoms. The van der Waals surface area contributed by atoms with Gasteiger partial charge in [-0.2, -0.15) is 0 Å². The van der Waals surface area contributed by atoms with Crippen LogP contribution in [-0.2, 0) is 23.8 Å². The molecule has 0 heterocycles. The number of carboxylic acid groups (broad SMARTS) is 1. The molecule has 5 unspecified atom stereocenters. The van der Waals surface area contributed by atoms with Crippen molar-refractivity contribution in [2.45, 2.75) is 86.3 Å². The maximum atomic E-state index is 12.5. The summed E-state index contributed by atoms with van der Waals surface area (Å²) >= 11 is 0. The lowest BCUT2D eigenvalue weighted by Crippen LogP contribution is -2.43. The van der Waals surface area contributed by atoms with Gasteiger partial charge in [0.15, 0.2) is 11.5 Å². The van der Waals surface area contributed by atoms with Crippen molar-refractivity contribution in [1.29, 1.82) is 0 Å². The van der Waals surface area contributed by atoms with E-state index in [1.165, 1.54) is 18.2 Å². The standard InChI is InChI=1S/C29H45NO10/c1-9-17(5)14-36-28(34)39-22-12-11-21(13-23(22)40-29(35)37-15-18(6)10-2)24(25(30)26(31)32)19(7)20(8)38-27(33)16(3)4/h11-13,16-20,24-25H,9-10,14-15,30H2,1-8H3,(H,31,32)/t17?,18?,19?,20?,24?,25-/m0/s1. The van der Waals surface area contributed by atoms with Crippen LogP contribution in [0, 0.1) is 23.7 Å². The van der Waals surface area contributed by atoms with Crippen molar-refractivity contribution in [3.63, 3.8) is 0 Å². The van der Waals surface area contributed by atoms with Gasteiger partial charge in [0.25, 0.3) is 0 Å². The maximum absolute atomic E-state index is 12.5. The number of benzene rings is 1. The minimum absolute atomic E-state index is 0.0963. The maximum Gasteiger partial charge on any atom is 0.513 e. The van der Waals surface area contributed by atoms with E-state index in [-0.39, 0.29) is 42.5 Å². The van der Waals surface area contributed by atoms with Crippen molar-refractivity contribution in [3.8, 4) is 11.5 Å². The molecule has 11 heteroatoms. The Hall–Kier alpha value is -3.34. The molecule has 0 amide bonds. The lowest BCUT2D eigenvalue weighted by atomic mass is 9.79. The van der Waals surface area contributed by atoms with Gasteiger partial charge in [0.1, 0.15) is 12.1 Å². The van der Waals surface area contributed by atoms with Crippen LogP contribution in [0.1, 0.15) is 79.7 Å². The lowest BCUT2D eigenvalue weighted by Gasteiger charge is -2.32. The second-order valence-corrected chi connectivity index (χ2v) is 10.6. The van der Waals surface area contributed by atoms with Gasteiger partial charge >= 0.3 is 24.2 Å². The molecule has 0 aliphatic heterocycles. The molecule has 40 heavy (non-hydrogen) atoms. The molecule has 0 radical (unpaired) electrons. The van der Waals surface area contributed by atoms with Gasteiger partial charge in [0, 0.05) is 11.8 Å². The van der Waals surface area contributed by atoms with Crippen LogP contribution in [0.3, 0.4) is 0 Å². The van der Waals surface area contributed by atoms with E-state index in [0.29, 0.717) is 5.56 Å². The van der Waals surface area contributed by atoms with Gasteiger partial charge in [0.05, 0.1) is 19.1 Å². The molecule has 226 valence electrons. The van der Waals surface area contributed by atoms with E-state index in [0.717, 1.165) is 12.8 Å². The van der Waals surface area contributed by atoms with E-state index < -0.39 is 48.2 Å². The molecule has 6 atom stereocenters. The van der Waals surface area contributed by atoms with Crippen LogP contribution in [0.2, 0.25) is 0 Å². The summed E-state index contributed by atoms with van der Waals surface area (Å²) in [6.07, 6.45) is -1.13. The normalized spacial score (nSPS) is 15.7. The molecule has 3 N–H and O–H groups in total. The van der Waals surface area contributed by atoms with Crippen LogP contribution in [-0.4, -0.2) is 54.7 Å². The molecule has 0 aliphatic rings. The van der Waals surface area contributed by atoms with E-state index in [2.05, 4.69) is 0 Å². The fourth-order valence-corrected chi connectivity index (χ4v) is 3.50. The van der Waals surface area contributed by atoms with Gasteiger partial charge in [-0.1, -0.05) is 67.4 Å². The SMILES string of the molecule is CCC(C)COC(=O)Oc1ccc(C(C(C)C(C)OC(=O)C(C)C)[C@H](N)C(=O)O)cc1OC(=O)OCC(C)CC. The Labute approximate surface area is 236 Å². The minimum Gasteiger partial charge on any atom is -0.480 e. The Bertz CT molecular complexity index is 995. The number of ether oxygens (including phenoxy) is 5. The van der Waals surface area contributed by atoms with Crippen molar-refractivity contribution >= 4 is 24.2 Å². The highest BCUT2D eigenvalue weighted by Gasteiger charge is 2.36. The van der Waals surface area contributed by atoms with Gasteiger partial charge in [-0.05, 0) is 36.5 Å². The first kappa shape index (κ1) is 34.7. The van der Waals surface area contributed by atoms with E-state index >= 15 is 0 Å². The number of aliphatic carboxylic acids is 1. The zero-order chi connectivity index (χ0) is 30.6. The fourth-order valence-electron chi connectivity index (χ4n) is 3.50. The third kappa shape index (κ3) is 11.0. The number of rotatable bonds is 15. The Balaban J connectivity index is 3.41. The first-order chi connectivity index (χ1) is 18.7. The van der Waals surface area contributed by atoms with Gasteiger partial charge in [-0.3, -0.25) is 9.59 Å². The zero-order valence-electron chi connectivity index (χ0n) is 24.8. The largest absolute Gasteiger partial charge is 0.513 e. The van der Waals surface area contributed by atoms with E-state index in [1.54, 1.807) is 27.7 Å². The molecular weight excluding hydrogens is 522 g/mol. The Morgan fingerprint density at radius 2 is 1.32 bits per heavy atom. The summed E-state index contributed by atoms with van der Waals surface area (Å²) in [7, 11) is 0. The molecule has 0 saturated carbocycles. The first-order valence-corrected chi connectivity index (χ1v) is 13.7. The third-order valence-corrected chi connectivity index (χ3v) is 6.86. The molecule has 0 aromatic heterocycles. The topological polar surface area (TPSA) is 161 Å². The molecular formula is C29H45NO10. The van der Waals surface area contributed by atoms with Crippen molar-refractivity contribution in [3.05, 3.63) is 23.8 Å². The van der Waals surface area contributed by atoms with Crippen molar-refractivity contribution in [2.24, 2.45) is 29.4 Å². The minimum atomic E-state index is -1.40. The Morgan fingerprint density at radius 3 is 1.77 bits per heavy atom. The zero-order valence-corrected chi connectivity index (χ0v) is 24.8. The molecule has 11 nitrogen and oxygen atoms in total. The van der Waals surface area contributed by atoms with Crippen LogP contribution in [0.25, 0.3) is 0 Å². The molecule has 1 rings (SSSR count). The Morgan fingerprint density at radius 1 is 0.825 bits per heavy atom. The number of carbonyl (C=O) groups excluding carboxylic acids is 3. The summed E-state index contributed by atoms with van der Waals surface area (Å²) < 4.78 is 26.5. The Kier molecular flexibility index (Phi) is 14.5. The second kappa shape index (κ2) is 16.7. The van der Waals surface area contributed by atoms with Gasteiger partial charge in [-0.25, -0.2) is 9.59 Å². The molecule has 0 aliphatic carbocycles. The van der Waals surface area contributed by atoms with E-state index in [9.17, 15) is 24.3 Å². The van der Waals surface area contributed by atoms with E-state index in [1.807, 2.05) is 27.7 Å². The highest BCUT2D eigenvalue weighted by Crippen LogP contribution is 2.37. The summed E-state index contributed by atoms with van der Waals surface area (Å²) in [5, 5.41) is 9.75. The highest BCUT2D eigenvalue weighted by atomic mass is 16.7. The first-order valence-electron chi connectivity index (χ1n) is 13.7. The smallest absolute Gasteiger partial charge is 0.480 e. The van der Waals surface area contributed by atoms with Gasteiger partial charge < -0.3 is 34.5 Å². The predicted molar refractivity (Wildman–Crippen MR) is 147 cm³/mol. The molecule has 1 aromatic carbocycles. The van der Waals surface area contributed by atoms with Gasteiger partial charge in [0.2, 0.25) is 0 Å². The number of hydrogen-bond acceptors (Lipinski definition) is 10. The highest BCUT2D eigenvalue weighted by molar-refractivity contribution is 5.75. The molecule has 0 saturated heterocycles. The summed E-state index contributed by atoms with van der Waals surface area (Å²) in [5.74, 6) is -3.63. The average molecular weight is 568 g/mol. The van der Waals surface area contributed by atoms with Crippen molar-refractivity contribution in [1.82, 2.24) is 0 Å². The monoisotopic (exact) mass is 567 g/mol. The second-order valence-electron chi connectivity index (χ2n) is 10.6. The van der Waals surface area contributed by atoms with Crippen molar-refractivity contribution < 1.29 is 48.0 Å².